The van der Waals surface area contributed by atoms with E-state index in [1.807, 2.05) is 43.3 Å². The molecule has 2 saturated heterocycles. The van der Waals surface area contributed by atoms with Crippen LogP contribution in [-0.4, -0.2) is 111 Å². The zero-order chi connectivity index (χ0) is 31.9. The van der Waals surface area contributed by atoms with Crippen molar-refractivity contribution in [3.8, 4) is 5.75 Å². The first-order chi connectivity index (χ1) is 22.4. The lowest BCUT2D eigenvalue weighted by Crippen LogP contribution is -2.51. The van der Waals surface area contributed by atoms with E-state index in [0.29, 0.717) is 22.5 Å². The van der Waals surface area contributed by atoms with Crippen molar-refractivity contribution in [2.24, 2.45) is 0 Å². The summed E-state index contributed by atoms with van der Waals surface area (Å²) in [7, 11) is -1.85. The molecule has 2 aromatic heterocycles. The summed E-state index contributed by atoms with van der Waals surface area (Å²) in [6.07, 6.45) is 0. The number of aryl methyl sites for hydroxylation is 1. The average Bonchev–Trinajstić information content (AvgIpc) is 3.49. The maximum Gasteiger partial charge on any atom is 0.204 e. The van der Waals surface area contributed by atoms with Gasteiger partial charge < -0.3 is 20.3 Å². The second-order valence-electron chi connectivity index (χ2n) is 11.5. The molecule has 0 amide bonds. The normalized spacial score (nSPS) is 16.4. The van der Waals surface area contributed by atoms with E-state index in [9.17, 15) is 8.42 Å². The molecule has 2 aliphatic rings. The third kappa shape index (κ3) is 8.17. The smallest absolute Gasteiger partial charge is 0.204 e. The number of nitrogens with one attached hydrogen (secondary N) is 3. The molecule has 46 heavy (non-hydrogen) atoms. The van der Waals surface area contributed by atoms with Crippen LogP contribution in [0.4, 0.5) is 17.5 Å². The molecule has 14 heteroatoms. The molecule has 12 nitrogen and oxygen atoms in total. The van der Waals surface area contributed by atoms with Gasteiger partial charge in [-0.05, 0) is 48.5 Å². The fourth-order valence-corrected chi connectivity index (χ4v) is 7.75. The van der Waals surface area contributed by atoms with Crippen LogP contribution in [-0.2, 0) is 15.6 Å². The van der Waals surface area contributed by atoms with E-state index in [4.69, 9.17) is 14.7 Å². The third-order valence-electron chi connectivity index (χ3n) is 8.19. The Labute approximate surface area is 274 Å². The molecule has 0 bridgehead atoms. The van der Waals surface area contributed by atoms with Crippen molar-refractivity contribution in [2.45, 2.75) is 27.6 Å². The van der Waals surface area contributed by atoms with Gasteiger partial charge in [0.25, 0.3) is 0 Å². The first kappa shape index (κ1) is 32.3. The highest BCUT2D eigenvalue weighted by Gasteiger charge is 2.26. The zero-order valence-electron chi connectivity index (χ0n) is 26.3. The largest absolute Gasteiger partial charge is 0.490 e. The third-order valence-corrected chi connectivity index (χ3v) is 10.8. The van der Waals surface area contributed by atoms with Crippen molar-refractivity contribution >= 4 is 39.1 Å². The van der Waals surface area contributed by atoms with E-state index >= 15 is 0 Å². The topological polar surface area (TPSA) is 132 Å². The summed E-state index contributed by atoms with van der Waals surface area (Å²) in [6, 6.07) is 18.0. The van der Waals surface area contributed by atoms with Crippen LogP contribution in [0.3, 0.4) is 0 Å². The second-order valence-corrected chi connectivity index (χ2v) is 14.5. The number of piperazine rings is 2. The van der Waals surface area contributed by atoms with Gasteiger partial charge in [-0.3, -0.25) is 14.9 Å². The molecule has 0 aliphatic carbocycles. The maximum atomic E-state index is 13.1. The number of aromatic amines is 1. The second kappa shape index (κ2) is 14.8. The molecule has 0 saturated carbocycles. The summed E-state index contributed by atoms with van der Waals surface area (Å²) >= 11 is 1.37. The number of sulfone groups is 1. The van der Waals surface area contributed by atoms with Gasteiger partial charge in [0, 0.05) is 82.1 Å². The average molecular weight is 664 g/mol. The molecule has 2 aromatic carbocycles. The van der Waals surface area contributed by atoms with Gasteiger partial charge in [-0.25, -0.2) is 18.4 Å². The number of ether oxygens (including phenoxy) is 1. The van der Waals surface area contributed by atoms with Crippen LogP contribution < -0.4 is 20.3 Å². The van der Waals surface area contributed by atoms with Gasteiger partial charge in [0.1, 0.15) is 0 Å². The van der Waals surface area contributed by atoms with E-state index in [0.717, 1.165) is 87.4 Å². The number of hydrogen-bond acceptors (Lipinski definition) is 12. The van der Waals surface area contributed by atoms with Crippen molar-refractivity contribution in [3.63, 3.8) is 0 Å². The Morgan fingerprint density at radius 1 is 0.913 bits per heavy atom. The molecule has 4 aromatic rings. The van der Waals surface area contributed by atoms with Crippen LogP contribution in [0.2, 0.25) is 0 Å². The molecule has 4 heterocycles. The van der Waals surface area contributed by atoms with Crippen molar-refractivity contribution in [2.75, 3.05) is 82.8 Å². The fraction of sp³-hybridized carbons (Fsp3) is 0.406. The number of nitrogens with zero attached hydrogens (tertiary/aromatic N) is 6. The lowest BCUT2D eigenvalue weighted by molar-refractivity contribution is 0.183. The minimum Gasteiger partial charge on any atom is -0.490 e. The Hall–Kier alpha value is -3.69. The first-order valence-electron chi connectivity index (χ1n) is 15.6. The Morgan fingerprint density at radius 3 is 2.26 bits per heavy atom. The molecule has 3 N–H and O–H groups in total. The zero-order valence-corrected chi connectivity index (χ0v) is 27.9. The fourth-order valence-electron chi connectivity index (χ4n) is 5.65. The molecular weight excluding hydrogens is 623 g/mol. The quantitative estimate of drug-likeness (QED) is 0.192. The van der Waals surface area contributed by atoms with Gasteiger partial charge in [-0.1, -0.05) is 30.3 Å². The number of anilines is 3. The van der Waals surface area contributed by atoms with Gasteiger partial charge in [-0.2, -0.15) is 5.10 Å². The predicted octanol–water partition coefficient (Wildman–Crippen LogP) is 3.41. The monoisotopic (exact) mass is 663 g/mol. The van der Waals surface area contributed by atoms with Crippen molar-refractivity contribution in [3.05, 3.63) is 71.9 Å². The summed E-state index contributed by atoms with van der Waals surface area (Å²) in [5.74, 6) is 2.38. The summed E-state index contributed by atoms with van der Waals surface area (Å²) in [5, 5.41) is 14.5. The van der Waals surface area contributed by atoms with Crippen LogP contribution in [0, 0.1) is 6.92 Å². The highest BCUT2D eigenvalue weighted by atomic mass is 32.2. The minimum absolute atomic E-state index is 0.0457. The van der Waals surface area contributed by atoms with Crippen LogP contribution >= 0.6 is 11.8 Å². The van der Waals surface area contributed by atoms with Crippen molar-refractivity contribution < 1.29 is 13.2 Å². The minimum atomic E-state index is -3.48. The number of hydrogen-bond donors (Lipinski definition) is 3. The molecule has 244 valence electrons. The van der Waals surface area contributed by atoms with Gasteiger partial charge in [0.05, 0.1) is 17.8 Å². The first-order valence-corrected chi connectivity index (χ1v) is 18.0. The summed E-state index contributed by atoms with van der Waals surface area (Å²) in [5.41, 5.74) is 1.68. The van der Waals surface area contributed by atoms with E-state index in [1.165, 1.54) is 11.8 Å². The number of aromatic nitrogens is 4. The molecule has 0 spiro atoms. The summed E-state index contributed by atoms with van der Waals surface area (Å²) in [4.78, 5) is 18.2. The number of H-pyrrole nitrogens is 1. The standard InChI is InChI=1S/C32H41N9O3S2/c1-24-22-28(38-37-24)34-30-29(44-2)31(41-20-18-40(19-21-41)17-16-39-14-12-33-13-15-39)36-32(35-30)45-26-8-10-27(11-9-26)46(42,43)23-25-6-4-3-5-7-25/h3-11,22,33H,12-21,23H2,1-2H3,(H2,34,35,36,37,38). The van der Waals surface area contributed by atoms with Gasteiger partial charge in [0.2, 0.25) is 5.75 Å². The lowest BCUT2D eigenvalue weighted by Gasteiger charge is -2.37. The molecular formula is C32H41N9O3S2. The van der Waals surface area contributed by atoms with Crippen LogP contribution in [0.1, 0.15) is 11.3 Å². The highest BCUT2D eigenvalue weighted by Crippen LogP contribution is 2.38. The van der Waals surface area contributed by atoms with Gasteiger partial charge in [-0.15, -0.1) is 0 Å². The van der Waals surface area contributed by atoms with E-state index in [2.05, 4.69) is 35.5 Å². The molecule has 0 atom stereocenters. The summed E-state index contributed by atoms with van der Waals surface area (Å²) in [6.45, 7) is 11.9. The van der Waals surface area contributed by atoms with E-state index in [-0.39, 0.29) is 10.6 Å². The Morgan fingerprint density at radius 2 is 1.61 bits per heavy atom. The number of methoxy groups -OCH3 is 1. The van der Waals surface area contributed by atoms with Crippen molar-refractivity contribution in [1.82, 2.24) is 35.3 Å². The highest BCUT2D eigenvalue weighted by molar-refractivity contribution is 7.99. The molecule has 2 aliphatic heterocycles. The number of benzene rings is 2. The number of rotatable bonds is 12. The van der Waals surface area contributed by atoms with Gasteiger partial charge in [0.15, 0.2) is 32.4 Å². The Bertz CT molecular complexity index is 1690. The Kier molecular flexibility index (Phi) is 10.4. The molecule has 2 fully saturated rings. The predicted molar refractivity (Wildman–Crippen MR) is 181 cm³/mol. The van der Waals surface area contributed by atoms with Crippen LogP contribution in [0.15, 0.2) is 75.6 Å². The SMILES string of the molecule is COc1c(Nc2cc(C)[nH]n2)nc(Sc2ccc(S(=O)(=O)Cc3ccccc3)cc2)nc1N1CCN(CCN2CCNCC2)CC1. The van der Waals surface area contributed by atoms with E-state index < -0.39 is 9.84 Å². The van der Waals surface area contributed by atoms with Crippen molar-refractivity contribution in [1.29, 1.82) is 0 Å². The maximum absolute atomic E-state index is 13.1. The van der Waals surface area contributed by atoms with Crippen LogP contribution in [0.25, 0.3) is 0 Å². The molecule has 0 unspecified atom stereocenters. The van der Waals surface area contributed by atoms with Crippen LogP contribution in [0.5, 0.6) is 5.75 Å². The molecule has 6 rings (SSSR count). The van der Waals surface area contributed by atoms with Gasteiger partial charge >= 0.3 is 0 Å². The van der Waals surface area contributed by atoms with E-state index in [1.54, 1.807) is 31.4 Å². The Balaban J connectivity index is 1.20. The summed E-state index contributed by atoms with van der Waals surface area (Å²) < 4.78 is 32.0. The lowest BCUT2D eigenvalue weighted by atomic mass is 10.2. The molecule has 0 radical (unpaired) electrons.